The molecule has 0 unspecified atom stereocenters. The molecule has 0 amide bonds. The first kappa shape index (κ1) is 16.9. The Morgan fingerprint density at radius 2 is 2.26 bits per heavy atom. The minimum absolute atomic E-state index is 0.321. The molecule has 0 saturated heterocycles. The molecule has 2 N–H and O–H groups in total. The summed E-state index contributed by atoms with van der Waals surface area (Å²) in [6, 6.07) is 7.79. The number of nitrogens with zero attached hydrogens (tertiary/aromatic N) is 5. The predicted molar refractivity (Wildman–Crippen MR) is 95.9 cm³/mol. The van der Waals surface area contributed by atoms with Crippen LogP contribution in [0.15, 0.2) is 36.8 Å². The van der Waals surface area contributed by atoms with Crippen molar-refractivity contribution in [3.05, 3.63) is 47.9 Å². The summed E-state index contributed by atoms with van der Waals surface area (Å²) in [4.78, 5) is 8.63. The molecular weight excluding hydrogens is 352 g/mol. The van der Waals surface area contributed by atoms with E-state index in [0.717, 1.165) is 34.5 Å². The molecule has 2 aromatic heterocycles. The fraction of sp³-hybridized carbons (Fsp3) is 0.222. The quantitative estimate of drug-likeness (QED) is 0.720. The first-order valence-corrected chi connectivity index (χ1v) is 8.34. The van der Waals surface area contributed by atoms with Gasteiger partial charge in [-0.1, -0.05) is 0 Å². The summed E-state index contributed by atoms with van der Waals surface area (Å²) < 4.78 is 26.0. The van der Waals surface area contributed by atoms with Crippen molar-refractivity contribution in [1.29, 1.82) is 5.26 Å². The maximum atomic E-state index is 12.4. The molecule has 0 saturated carbocycles. The number of nitrogens with one attached hydrogen (secondary N) is 2. The van der Waals surface area contributed by atoms with Gasteiger partial charge in [0.25, 0.3) is 6.43 Å². The van der Waals surface area contributed by atoms with Gasteiger partial charge in [0.05, 0.1) is 28.8 Å². The lowest BCUT2D eigenvalue weighted by Gasteiger charge is -2.08. The second-order valence-electron chi connectivity index (χ2n) is 6.08. The molecule has 136 valence electrons. The van der Waals surface area contributed by atoms with Crippen LogP contribution < -0.4 is 10.6 Å². The fourth-order valence-corrected chi connectivity index (χ4v) is 3.04. The van der Waals surface area contributed by atoms with E-state index in [1.807, 2.05) is 6.07 Å². The highest BCUT2D eigenvalue weighted by Crippen LogP contribution is 2.31. The fourth-order valence-electron chi connectivity index (χ4n) is 3.04. The number of anilines is 3. The Labute approximate surface area is 153 Å². The van der Waals surface area contributed by atoms with Crippen LogP contribution in [0.5, 0.6) is 0 Å². The zero-order valence-electron chi connectivity index (χ0n) is 14.2. The van der Waals surface area contributed by atoms with Gasteiger partial charge in [-0.25, -0.2) is 18.7 Å². The maximum Gasteiger partial charge on any atom is 0.257 e. The van der Waals surface area contributed by atoms with Gasteiger partial charge in [-0.2, -0.15) is 10.4 Å². The van der Waals surface area contributed by atoms with Gasteiger partial charge in [-0.3, -0.25) is 4.68 Å². The van der Waals surface area contributed by atoms with Crippen LogP contribution in [0.2, 0.25) is 0 Å². The molecule has 4 rings (SSSR count). The summed E-state index contributed by atoms with van der Waals surface area (Å²) >= 11 is 0. The zero-order valence-corrected chi connectivity index (χ0v) is 14.2. The number of hydrogen-bond donors (Lipinski definition) is 2. The molecule has 0 bridgehead atoms. The highest BCUT2D eigenvalue weighted by Gasteiger charge is 2.17. The molecule has 1 aliphatic heterocycles. The highest BCUT2D eigenvalue weighted by molar-refractivity contribution is 5.74. The molecule has 7 nitrogen and oxygen atoms in total. The smallest absolute Gasteiger partial charge is 0.257 e. The lowest BCUT2D eigenvalue weighted by molar-refractivity contribution is 0.122. The van der Waals surface area contributed by atoms with Crippen LogP contribution in [0.3, 0.4) is 0 Å². The van der Waals surface area contributed by atoms with Crippen LogP contribution in [0.1, 0.15) is 11.1 Å². The number of benzene rings is 1. The van der Waals surface area contributed by atoms with E-state index in [1.54, 1.807) is 18.3 Å². The van der Waals surface area contributed by atoms with E-state index >= 15 is 0 Å². The third-order valence-corrected chi connectivity index (χ3v) is 4.20. The minimum Gasteiger partial charge on any atom is -0.383 e. The first-order valence-electron chi connectivity index (χ1n) is 8.34. The Bertz CT molecular complexity index is 1020. The molecule has 0 spiro atoms. The summed E-state index contributed by atoms with van der Waals surface area (Å²) in [5.41, 5.74) is 4.57. The molecular formula is C18H15F2N7. The third kappa shape index (κ3) is 3.55. The Balaban J connectivity index is 1.60. The molecule has 0 fully saturated rings. The summed E-state index contributed by atoms with van der Waals surface area (Å²) in [6.45, 7) is 0.343. The second kappa shape index (κ2) is 6.99. The number of fused-ring (bicyclic) bond motifs is 1. The molecule has 9 heteroatoms. The van der Waals surface area contributed by atoms with E-state index in [1.165, 1.54) is 12.4 Å². The van der Waals surface area contributed by atoms with Crippen LogP contribution >= 0.6 is 0 Å². The van der Waals surface area contributed by atoms with Gasteiger partial charge in [0, 0.05) is 24.5 Å². The van der Waals surface area contributed by atoms with Crippen LogP contribution in [0, 0.1) is 11.3 Å². The SMILES string of the molecule is N#Cc1cc(-c2ccnc(Nc3cnn(CC(F)F)c3)n2)cc2c1NCC2. The summed E-state index contributed by atoms with van der Waals surface area (Å²) in [5, 5.41) is 19.4. The van der Waals surface area contributed by atoms with Gasteiger partial charge in [-0.05, 0) is 30.2 Å². The topological polar surface area (TPSA) is 91.5 Å². The number of halogens is 2. The molecule has 3 aromatic rings. The first-order chi connectivity index (χ1) is 13.1. The highest BCUT2D eigenvalue weighted by atomic mass is 19.3. The molecule has 27 heavy (non-hydrogen) atoms. The molecule has 0 radical (unpaired) electrons. The number of rotatable bonds is 5. The Morgan fingerprint density at radius 1 is 1.37 bits per heavy atom. The maximum absolute atomic E-state index is 12.4. The van der Waals surface area contributed by atoms with E-state index in [4.69, 9.17) is 0 Å². The Hall–Kier alpha value is -3.54. The monoisotopic (exact) mass is 367 g/mol. The number of nitriles is 1. The van der Waals surface area contributed by atoms with Crippen molar-refractivity contribution >= 4 is 17.3 Å². The molecule has 1 aliphatic rings. The standard InChI is InChI=1S/C18H15F2N7/c19-16(20)10-27-9-14(8-24-27)25-18-23-4-2-15(26-18)12-5-11-1-3-22-17(11)13(6-12)7-21/h2,4-6,8-9,16,22H,1,3,10H2,(H,23,25,26). The lowest BCUT2D eigenvalue weighted by atomic mass is 10.0. The van der Waals surface area contributed by atoms with E-state index in [0.29, 0.717) is 22.9 Å². The summed E-state index contributed by atoms with van der Waals surface area (Å²) in [6.07, 6.45) is 2.90. The van der Waals surface area contributed by atoms with Gasteiger partial charge < -0.3 is 10.6 Å². The van der Waals surface area contributed by atoms with Crippen LogP contribution in [0.25, 0.3) is 11.3 Å². The number of alkyl halides is 2. The van der Waals surface area contributed by atoms with E-state index in [2.05, 4.69) is 31.8 Å². The van der Waals surface area contributed by atoms with E-state index < -0.39 is 13.0 Å². The molecule has 3 heterocycles. The normalized spacial score (nSPS) is 12.5. The molecule has 0 atom stereocenters. The van der Waals surface area contributed by atoms with Crippen molar-refractivity contribution in [2.24, 2.45) is 0 Å². The van der Waals surface area contributed by atoms with Crippen molar-refractivity contribution in [2.45, 2.75) is 19.4 Å². The van der Waals surface area contributed by atoms with Gasteiger partial charge in [0.15, 0.2) is 0 Å². The molecule has 1 aromatic carbocycles. The van der Waals surface area contributed by atoms with Crippen molar-refractivity contribution in [1.82, 2.24) is 19.7 Å². The van der Waals surface area contributed by atoms with Crippen molar-refractivity contribution in [3.63, 3.8) is 0 Å². The third-order valence-electron chi connectivity index (χ3n) is 4.20. The molecule has 0 aliphatic carbocycles. The largest absolute Gasteiger partial charge is 0.383 e. The number of hydrogen-bond acceptors (Lipinski definition) is 6. The zero-order chi connectivity index (χ0) is 18.8. The lowest BCUT2D eigenvalue weighted by Crippen LogP contribution is -2.06. The Morgan fingerprint density at radius 3 is 3.07 bits per heavy atom. The van der Waals surface area contributed by atoms with Crippen LogP contribution in [-0.4, -0.2) is 32.7 Å². The van der Waals surface area contributed by atoms with Gasteiger partial charge >= 0.3 is 0 Å². The Kier molecular flexibility index (Phi) is 4.38. The minimum atomic E-state index is -2.47. The predicted octanol–water partition coefficient (Wildman–Crippen LogP) is 3.19. The summed E-state index contributed by atoms with van der Waals surface area (Å²) in [7, 11) is 0. The van der Waals surface area contributed by atoms with Gasteiger partial charge in [0.1, 0.15) is 12.6 Å². The van der Waals surface area contributed by atoms with Gasteiger partial charge in [0.2, 0.25) is 5.95 Å². The van der Waals surface area contributed by atoms with Crippen LogP contribution in [-0.2, 0) is 13.0 Å². The van der Waals surface area contributed by atoms with Crippen molar-refractivity contribution in [2.75, 3.05) is 17.2 Å². The van der Waals surface area contributed by atoms with Crippen LogP contribution in [0.4, 0.5) is 26.1 Å². The van der Waals surface area contributed by atoms with E-state index in [9.17, 15) is 14.0 Å². The summed E-state index contributed by atoms with van der Waals surface area (Å²) in [5.74, 6) is 0.321. The average Bonchev–Trinajstić information content (AvgIpc) is 3.29. The van der Waals surface area contributed by atoms with Gasteiger partial charge in [-0.15, -0.1) is 0 Å². The second-order valence-corrected chi connectivity index (χ2v) is 6.08. The van der Waals surface area contributed by atoms with Crippen molar-refractivity contribution in [3.8, 4) is 17.3 Å². The average molecular weight is 367 g/mol. The van der Waals surface area contributed by atoms with E-state index in [-0.39, 0.29) is 0 Å². The van der Waals surface area contributed by atoms with Crippen molar-refractivity contribution < 1.29 is 8.78 Å². The number of aromatic nitrogens is 4.